The van der Waals surface area contributed by atoms with Crippen LogP contribution in [-0.4, -0.2) is 22.0 Å². The monoisotopic (exact) mass is 401 g/mol. The van der Waals surface area contributed by atoms with Crippen molar-refractivity contribution < 1.29 is 4.79 Å². The SMILES string of the molecule is Cc1nc2cc(C(=O)NCCC3=CCCCC3)ccc2n(Cc2ccccc2)c1=O. The van der Waals surface area contributed by atoms with Crippen molar-refractivity contribution in [3.63, 3.8) is 0 Å². The molecular formula is C25H27N3O2. The number of hydrogen-bond donors (Lipinski definition) is 1. The molecule has 0 atom stereocenters. The number of aryl methyl sites for hydroxylation is 1. The van der Waals surface area contributed by atoms with Gasteiger partial charge < -0.3 is 9.88 Å². The lowest BCUT2D eigenvalue weighted by Crippen LogP contribution is -2.26. The van der Waals surface area contributed by atoms with Crippen molar-refractivity contribution in [2.45, 2.75) is 45.6 Å². The molecular weight excluding hydrogens is 374 g/mol. The number of carbonyl (C=O) groups is 1. The summed E-state index contributed by atoms with van der Waals surface area (Å²) in [6.07, 6.45) is 8.05. The molecule has 1 aliphatic rings. The second-order valence-electron chi connectivity index (χ2n) is 7.89. The summed E-state index contributed by atoms with van der Waals surface area (Å²) >= 11 is 0. The summed E-state index contributed by atoms with van der Waals surface area (Å²) in [7, 11) is 0. The van der Waals surface area contributed by atoms with Crippen LogP contribution in [0.5, 0.6) is 0 Å². The summed E-state index contributed by atoms with van der Waals surface area (Å²) in [6.45, 7) is 2.83. The van der Waals surface area contributed by atoms with Crippen LogP contribution >= 0.6 is 0 Å². The van der Waals surface area contributed by atoms with Crippen LogP contribution in [0, 0.1) is 6.92 Å². The predicted molar refractivity (Wildman–Crippen MR) is 120 cm³/mol. The topological polar surface area (TPSA) is 64.0 Å². The highest BCUT2D eigenvalue weighted by molar-refractivity contribution is 5.97. The maximum Gasteiger partial charge on any atom is 0.272 e. The molecule has 0 bridgehead atoms. The Morgan fingerprint density at radius 2 is 1.97 bits per heavy atom. The molecule has 1 aliphatic carbocycles. The molecule has 0 fully saturated rings. The summed E-state index contributed by atoms with van der Waals surface area (Å²) in [5.74, 6) is -0.103. The number of nitrogens with zero attached hydrogens (tertiary/aromatic N) is 2. The van der Waals surface area contributed by atoms with Crippen molar-refractivity contribution in [2.24, 2.45) is 0 Å². The van der Waals surface area contributed by atoms with Crippen LogP contribution in [-0.2, 0) is 6.54 Å². The molecule has 5 nitrogen and oxygen atoms in total. The summed E-state index contributed by atoms with van der Waals surface area (Å²) < 4.78 is 1.73. The van der Waals surface area contributed by atoms with Crippen LogP contribution in [0.25, 0.3) is 11.0 Å². The van der Waals surface area contributed by atoms with Crippen molar-refractivity contribution in [1.82, 2.24) is 14.9 Å². The van der Waals surface area contributed by atoms with E-state index in [-0.39, 0.29) is 11.5 Å². The third-order valence-corrected chi connectivity index (χ3v) is 5.67. The minimum atomic E-state index is -0.107. The fourth-order valence-corrected chi connectivity index (χ4v) is 4.01. The van der Waals surface area contributed by atoms with Crippen molar-refractivity contribution >= 4 is 16.9 Å². The van der Waals surface area contributed by atoms with Crippen molar-refractivity contribution in [3.8, 4) is 0 Å². The molecule has 1 heterocycles. The standard InChI is InChI=1S/C25H27N3O2/c1-18-25(30)28(17-20-10-6-3-7-11-20)23-13-12-21(16-22(23)27-18)24(29)26-15-14-19-8-4-2-5-9-19/h3,6-8,10-13,16H,2,4-5,9,14-15,17H2,1H3,(H,26,29). The van der Waals surface area contributed by atoms with Crippen LogP contribution in [0.4, 0.5) is 0 Å². The van der Waals surface area contributed by atoms with Crippen LogP contribution < -0.4 is 10.9 Å². The number of rotatable bonds is 6. The number of fused-ring (bicyclic) bond motifs is 1. The average Bonchev–Trinajstić information content (AvgIpc) is 2.78. The molecule has 0 aliphatic heterocycles. The zero-order valence-corrected chi connectivity index (χ0v) is 17.4. The van der Waals surface area contributed by atoms with Crippen molar-refractivity contribution in [3.05, 3.63) is 87.4 Å². The van der Waals surface area contributed by atoms with Gasteiger partial charge in [-0.25, -0.2) is 4.98 Å². The molecule has 0 unspecified atom stereocenters. The summed E-state index contributed by atoms with van der Waals surface area (Å²) in [6, 6.07) is 15.2. The van der Waals surface area contributed by atoms with Gasteiger partial charge in [0.05, 0.1) is 17.6 Å². The first kappa shape index (κ1) is 20.1. The maximum absolute atomic E-state index is 12.7. The Hall–Kier alpha value is -3.21. The Morgan fingerprint density at radius 3 is 2.73 bits per heavy atom. The summed E-state index contributed by atoms with van der Waals surface area (Å²) in [4.78, 5) is 29.8. The molecule has 30 heavy (non-hydrogen) atoms. The number of hydrogen-bond acceptors (Lipinski definition) is 3. The molecule has 0 radical (unpaired) electrons. The summed E-state index contributed by atoms with van der Waals surface area (Å²) in [5, 5.41) is 3.02. The largest absolute Gasteiger partial charge is 0.352 e. The van der Waals surface area contributed by atoms with Gasteiger partial charge in [-0.05, 0) is 62.8 Å². The highest BCUT2D eigenvalue weighted by Crippen LogP contribution is 2.19. The molecule has 5 heteroatoms. The van der Waals surface area contributed by atoms with Crippen LogP contribution in [0.15, 0.2) is 65.0 Å². The highest BCUT2D eigenvalue weighted by atomic mass is 16.1. The minimum absolute atomic E-state index is 0.103. The van der Waals surface area contributed by atoms with Gasteiger partial charge in [0.25, 0.3) is 11.5 Å². The van der Waals surface area contributed by atoms with Crippen LogP contribution in [0.1, 0.15) is 53.7 Å². The smallest absolute Gasteiger partial charge is 0.272 e. The lowest BCUT2D eigenvalue weighted by molar-refractivity contribution is 0.0954. The number of carbonyl (C=O) groups excluding carboxylic acids is 1. The van der Waals surface area contributed by atoms with Crippen LogP contribution in [0.3, 0.4) is 0 Å². The van der Waals surface area contributed by atoms with Gasteiger partial charge in [0.1, 0.15) is 5.69 Å². The lowest BCUT2D eigenvalue weighted by Gasteiger charge is -2.14. The first-order valence-electron chi connectivity index (χ1n) is 10.6. The Morgan fingerprint density at radius 1 is 1.13 bits per heavy atom. The van der Waals surface area contributed by atoms with Gasteiger partial charge in [0.15, 0.2) is 0 Å². The Bertz CT molecular complexity index is 1150. The quantitative estimate of drug-likeness (QED) is 0.624. The van der Waals surface area contributed by atoms with Gasteiger partial charge in [-0.3, -0.25) is 9.59 Å². The normalized spacial score (nSPS) is 13.8. The van der Waals surface area contributed by atoms with E-state index in [9.17, 15) is 9.59 Å². The Kier molecular flexibility index (Phi) is 6.07. The summed E-state index contributed by atoms with van der Waals surface area (Å²) in [5.41, 5.74) is 4.78. The van der Waals surface area contributed by atoms with Gasteiger partial charge in [-0.1, -0.05) is 42.0 Å². The Balaban J connectivity index is 1.55. The van der Waals surface area contributed by atoms with Gasteiger partial charge in [-0.2, -0.15) is 0 Å². The van der Waals surface area contributed by atoms with Gasteiger partial charge in [0, 0.05) is 12.1 Å². The molecule has 1 N–H and O–H groups in total. The number of benzene rings is 2. The van der Waals surface area contributed by atoms with E-state index < -0.39 is 0 Å². The van der Waals surface area contributed by atoms with Crippen LogP contribution in [0.2, 0.25) is 0 Å². The average molecular weight is 402 g/mol. The molecule has 4 rings (SSSR count). The van der Waals surface area contributed by atoms with Gasteiger partial charge in [0.2, 0.25) is 0 Å². The minimum Gasteiger partial charge on any atom is -0.352 e. The fraction of sp³-hybridized carbons (Fsp3) is 0.320. The van der Waals surface area contributed by atoms with E-state index in [0.717, 1.165) is 30.3 Å². The molecule has 0 saturated heterocycles. The second kappa shape index (κ2) is 9.08. The predicted octanol–water partition coefficient (Wildman–Crippen LogP) is 4.37. The number of nitrogens with one attached hydrogen (secondary N) is 1. The van der Waals surface area contributed by atoms with Crippen molar-refractivity contribution in [1.29, 1.82) is 0 Å². The molecule has 154 valence electrons. The van der Waals surface area contributed by atoms with E-state index in [1.54, 1.807) is 23.6 Å². The van der Waals surface area contributed by atoms with Crippen molar-refractivity contribution in [2.75, 3.05) is 6.54 Å². The van der Waals surface area contributed by atoms with E-state index >= 15 is 0 Å². The van der Waals surface area contributed by atoms with E-state index in [1.165, 1.54) is 18.4 Å². The molecule has 3 aromatic rings. The van der Waals surface area contributed by atoms with Gasteiger partial charge >= 0.3 is 0 Å². The molecule has 0 spiro atoms. The zero-order chi connectivity index (χ0) is 20.9. The van der Waals surface area contributed by atoms with Gasteiger partial charge in [-0.15, -0.1) is 0 Å². The van der Waals surface area contributed by atoms with E-state index in [4.69, 9.17) is 0 Å². The third-order valence-electron chi connectivity index (χ3n) is 5.67. The first-order chi connectivity index (χ1) is 14.6. The van der Waals surface area contributed by atoms with E-state index in [2.05, 4.69) is 16.4 Å². The zero-order valence-electron chi connectivity index (χ0n) is 17.4. The lowest BCUT2D eigenvalue weighted by atomic mass is 9.97. The molecule has 1 aromatic heterocycles. The second-order valence-corrected chi connectivity index (χ2v) is 7.89. The first-order valence-corrected chi connectivity index (χ1v) is 10.6. The molecule has 2 aromatic carbocycles. The number of amides is 1. The van der Waals surface area contributed by atoms with E-state index in [0.29, 0.717) is 29.9 Å². The molecule has 0 saturated carbocycles. The molecule has 1 amide bonds. The number of allylic oxidation sites excluding steroid dienone is 1. The Labute approximate surface area is 176 Å². The number of aromatic nitrogens is 2. The van der Waals surface area contributed by atoms with E-state index in [1.807, 2.05) is 36.4 Å². The third kappa shape index (κ3) is 4.51. The maximum atomic E-state index is 12.7. The fourth-order valence-electron chi connectivity index (χ4n) is 4.01. The highest BCUT2D eigenvalue weighted by Gasteiger charge is 2.13.